The first-order chi connectivity index (χ1) is 12.3. The second-order valence-corrected chi connectivity index (χ2v) is 7.48. The van der Waals surface area contributed by atoms with E-state index in [2.05, 4.69) is 10.4 Å². The summed E-state index contributed by atoms with van der Waals surface area (Å²) >= 11 is 0. The van der Waals surface area contributed by atoms with Gasteiger partial charge in [0.15, 0.2) is 5.65 Å². The maximum atomic E-state index is 5.95. The molecule has 0 atom stereocenters. The lowest BCUT2D eigenvalue weighted by Gasteiger charge is -2.33. The molecule has 3 N–H and O–H groups in total. The van der Waals surface area contributed by atoms with Crippen LogP contribution in [0, 0.1) is 0 Å². The summed E-state index contributed by atoms with van der Waals surface area (Å²) in [5.41, 5.74) is 11.6. The van der Waals surface area contributed by atoms with Gasteiger partial charge in [-0.2, -0.15) is 9.61 Å². The van der Waals surface area contributed by atoms with E-state index < -0.39 is 0 Å². The van der Waals surface area contributed by atoms with Gasteiger partial charge in [-0.15, -0.1) is 0 Å². The highest BCUT2D eigenvalue weighted by molar-refractivity contribution is 5.68. The Morgan fingerprint density at radius 1 is 1.08 bits per heavy atom. The van der Waals surface area contributed by atoms with Crippen molar-refractivity contribution >= 4 is 22.8 Å². The van der Waals surface area contributed by atoms with Gasteiger partial charge in [-0.3, -0.25) is 0 Å². The van der Waals surface area contributed by atoms with E-state index in [0.717, 1.165) is 29.3 Å². The van der Waals surface area contributed by atoms with E-state index in [1.165, 1.54) is 49.8 Å². The molecular weight excluding hydrogens is 310 g/mol. The predicted octanol–water partition coefficient (Wildman–Crippen LogP) is 4.20. The van der Waals surface area contributed by atoms with E-state index >= 15 is 0 Å². The van der Waals surface area contributed by atoms with Gasteiger partial charge in [0, 0.05) is 28.4 Å². The second kappa shape index (κ2) is 5.48. The van der Waals surface area contributed by atoms with Crippen LogP contribution in [0.2, 0.25) is 0 Å². The van der Waals surface area contributed by atoms with E-state index in [1.807, 2.05) is 41.0 Å². The first-order valence-electron chi connectivity index (χ1n) is 9.25. The summed E-state index contributed by atoms with van der Waals surface area (Å²) in [5.74, 6) is 1.05. The van der Waals surface area contributed by atoms with Gasteiger partial charge in [-0.1, -0.05) is 25.3 Å². The molecule has 2 aromatic heterocycles. The van der Waals surface area contributed by atoms with Crippen molar-refractivity contribution in [2.45, 2.75) is 50.4 Å². The normalized spacial score (nSPS) is 18.6. The Hall–Kier alpha value is -2.56. The second-order valence-electron chi connectivity index (χ2n) is 7.48. The molecule has 128 valence electrons. The van der Waals surface area contributed by atoms with Crippen LogP contribution in [0.5, 0.6) is 0 Å². The number of fused-ring (bicyclic) bond motifs is 3. The molecule has 0 unspecified atom stereocenters. The van der Waals surface area contributed by atoms with Crippen molar-refractivity contribution in [1.29, 1.82) is 0 Å². The monoisotopic (exact) mass is 333 g/mol. The summed E-state index contributed by atoms with van der Waals surface area (Å²) in [7, 11) is 0. The zero-order chi connectivity index (χ0) is 16.9. The molecule has 5 nitrogen and oxygen atoms in total. The van der Waals surface area contributed by atoms with Crippen molar-refractivity contribution in [3.05, 3.63) is 47.8 Å². The molecule has 2 heterocycles. The van der Waals surface area contributed by atoms with Gasteiger partial charge in [0.05, 0.1) is 11.9 Å². The molecule has 1 fully saturated rings. The molecule has 0 amide bonds. The Kier molecular flexibility index (Phi) is 3.23. The number of hydrogen-bond donors (Lipinski definition) is 2. The van der Waals surface area contributed by atoms with Crippen LogP contribution >= 0.6 is 0 Å². The third-order valence-corrected chi connectivity index (χ3v) is 5.95. The highest BCUT2D eigenvalue weighted by Crippen LogP contribution is 2.49. The molecule has 5 rings (SSSR count). The Balaban J connectivity index is 1.67. The van der Waals surface area contributed by atoms with Crippen LogP contribution in [0.3, 0.4) is 0 Å². The number of nitrogen functional groups attached to an aromatic ring is 1. The van der Waals surface area contributed by atoms with Crippen LogP contribution in [0.15, 0.2) is 36.5 Å². The summed E-state index contributed by atoms with van der Waals surface area (Å²) in [4.78, 5) is 5.05. The van der Waals surface area contributed by atoms with E-state index in [1.54, 1.807) is 0 Å². The minimum atomic E-state index is 0.283. The molecule has 2 aliphatic rings. The summed E-state index contributed by atoms with van der Waals surface area (Å²) in [6.07, 6.45) is 10.7. The number of anilines is 3. The Morgan fingerprint density at radius 2 is 1.96 bits per heavy atom. The number of nitrogens with zero attached hydrogens (tertiary/aromatic N) is 3. The van der Waals surface area contributed by atoms with Crippen LogP contribution in [0.25, 0.3) is 5.65 Å². The zero-order valence-electron chi connectivity index (χ0n) is 14.3. The van der Waals surface area contributed by atoms with Gasteiger partial charge < -0.3 is 11.1 Å². The average Bonchev–Trinajstić information content (AvgIpc) is 3.22. The maximum absolute atomic E-state index is 5.95. The fourth-order valence-electron chi connectivity index (χ4n) is 4.73. The van der Waals surface area contributed by atoms with Crippen LogP contribution in [-0.4, -0.2) is 14.6 Å². The van der Waals surface area contributed by atoms with Gasteiger partial charge >= 0.3 is 0 Å². The summed E-state index contributed by atoms with van der Waals surface area (Å²) in [5, 5.41) is 8.09. The summed E-state index contributed by atoms with van der Waals surface area (Å²) in [6, 6.07) is 9.89. The Morgan fingerprint density at radius 3 is 2.80 bits per heavy atom. The average molecular weight is 333 g/mol. The number of nitrogens with one attached hydrogen (secondary N) is 1. The predicted molar refractivity (Wildman–Crippen MR) is 100 cm³/mol. The van der Waals surface area contributed by atoms with Crippen LogP contribution in [0.4, 0.5) is 17.2 Å². The fourth-order valence-corrected chi connectivity index (χ4v) is 4.73. The zero-order valence-corrected chi connectivity index (χ0v) is 14.3. The molecule has 0 saturated heterocycles. The first-order valence-corrected chi connectivity index (χ1v) is 9.25. The van der Waals surface area contributed by atoms with Gasteiger partial charge in [-0.25, -0.2) is 4.98 Å². The summed E-state index contributed by atoms with van der Waals surface area (Å²) in [6.45, 7) is 0. The number of rotatable bonds is 2. The molecule has 2 aliphatic carbocycles. The Bertz CT molecular complexity index is 936. The smallest absolute Gasteiger partial charge is 0.157 e. The Labute approximate surface area is 147 Å². The highest BCUT2D eigenvalue weighted by atomic mass is 15.3. The fraction of sp³-hybridized carbons (Fsp3) is 0.400. The third kappa shape index (κ3) is 2.29. The number of aromatic nitrogens is 3. The van der Waals surface area contributed by atoms with Gasteiger partial charge in [0.2, 0.25) is 0 Å². The molecular formula is C20H23N5. The van der Waals surface area contributed by atoms with Crippen molar-refractivity contribution in [3.63, 3.8) is 0 Å². The van der Waals surface area contributed by atoms with E-state index in [9.17, 15) is 0 Å². The van der Waals surface area contributed by atoms with Gasteiger partial charge in [0.25, 0.3) is 0 Å². The van der Waals surface area contributed by atoms with Gasteiger partial charge in [0.1, 0.15) is 5.82 Å². The summed E-state index contributed by atoms with van der Waals surface area (Å²) < 4.78 is 1.93. The lowest BCUT2D eigenvalue weighted by molar-refractivity contribution is 0.286. The maximum Gasteiger partial charge on any atom is 0.157 e. The standard InChI is InChI=1S/C20H23N5/c21-14-5-4-6-15(13-14)23-19-16-7-11-20(9-2-1-3-10-20)18(16)24-17-8-12-22-25(17)19/h4-6,8,12-13,23H,1-3,7,9-11,21H2. The van der Waals surface area contributed by atoms with Crippen molar-refractivity contribution in [3.8, 4) is 0 Å². The molecule has 5 heteroatoms. The van der Waals surface area contributed by atoms with E-state index in [0.29, 0.717) is 0 Å². The number of benzene rings is 1. The molecule has 25 heavy (non-hydrogen) atoms. The number of hydrogen-bond acceptors (Lipinski definition) is 4. The van der Waals surface area contributed by atoms with Crippen LogP contribution < -0.4 is 11.1 Å². The van der Waals surface area contributed by atoms with E-state index in [4.69, 9.17) is 10.7 Å². The lowest BCUT2D eigenvalue weighted by atomic mass is 9.72. The quantitative estimate of drug-likeness (QED) is 0.690. The largest absolute Gasteiger partial charge is 0.399 e. The van der Waals surface area contributed by atoms with Crippen molar-refractivity contribution in [1.82, 2.24) is 14.6 Å². The minimum Gasteiger partial charge on any atom is -0.399 e. The van der Waals surface area contributed by atoms with Crippen LogP contribution in [0.1, 0.15) is 49.8 Å². The third-order valence-electron chi connectivity index (χ3n) is 5.95. The van der Waals surface area contributed by atoms with E-state index in [-0.39, 0.29) is 5.41 Å². The molecule has 0 aliphatic heterocycles. The van der Waals surface area contributed by atoms with Gasteiger partial charge in [-0.05, 0) is 43.9 Å². The molecule has 1 spiro atoms. The SMILES string of the molecule is Nc1cccc(Nc2c3c(nc4ccnn24)C2(CCCCC2)CC3)c1. The molecule has 1 saturated carbocycles. The van der Waals surface area contributed by atoms with Crippen molar-refractivity contribution in [2.75, 3.05) is 11.1 Å². The minimum absolute atomic E-state index is 0.283. The molecule has 1 aromatic carbocycles. The number of nitrogens with two attached hydrogens (primary N) is 1. The van der Waals surface area contributed by atoms with Crippen molar-refractivity contribution in [2.24, 2.45) is 0 Å². The van der Waals surface area contributed by atoms with Crippen LogP contribution in [-0.2, 0) is 11.8 Å². The van der Waals surface area contributed by atoms with Crippen molar-refractivity contribution < 1.29 is 0 Å². The topological polar surface area (TPSA) is 68.2 Å². The molecule has 3 aromatic rings. The molecule has 0 bridgehead atoms. The highest BCUT2D eigenvalue weighted by Gasteiger charge is 2.42. The molecule has 0 radical (unpaired) electrons. The lowest BCUT2D eigenvalue weighted by Crippen LogP contribution is -2.27. The first kappa shape index (κ1) is 14.8.